The molecule has 0 unspecified atom stereocenters. The van der Waals surface area contributed by atoms with Gasteiger partial charge in [-0.3, -0.25) is 4.79 Å². The number of amides is 1. The maximum absolute atomic E-state index is 11.4. The van der Waals surface area contributed by atoms with Crippen molar-refractivity contribution in [1.82, 2.24) is 9.97 Å². The number of nitrogens with zero attached hydrogens (tertiary/aromatic N) is 3. The molecule has 2 aromatic heterocycles. The molecule has 0 atom stereocenters. The molecule has 0 radical (unpaired) electrons. The first-order valence-electron chi connectivity index (χ1n) is 9.23. The second-order valence-electron chi connectivity index (χ2n) is 7.04. The van der Waals surface area contributed by atoms with Gasteiger partial charge in [0.25, 0.3) is 0 Å². The van der Waals surface area contributed by atoms with Gasteiger partial charge in [0.05, 0.1) is 17.4 Å². The van der Waals surface area contributed by atoms with Crippen LogP contribution < -0.4 is 16.0 Å². The Bertz CT molecular complexity index is 763. The largest absolute Gasteiger partial charge is 0.441 e. The van der Waals surface area contributed by atoms with Crippen LogP contribution in [0.25, 0.3) is 11.5 Å². The quantitative estimate of drug-likeness (QED) is 0.825. The number of piperidine rings is 1. The summed E-state index contributed by atoms with van der Waals surface area (Å²) < 4.78 is 5.76. The molecule has 1 aliphatic rings. The van der Waals surface area contributed by atoms with Crippen LogP contribution in [0.15, 0.2) is 22.9 Å². The van der Waals surface area contributed by atoms with Crippen LogP contribution in [0, 0.1) is 5.92 Å². The Hall–Kier alpha value is -2.57. The van der Waals surface area contributed by atoms with Crippen LogP contribution in [0.2, 0.25) is 0 Å². The number of aryl methyl sites for hydroxylation is 1. The maximum atomic E-state index is 11.4. The first kappa shape index (κ1) is 18.2. The molecule has 0 spiro atoms. The highest BCUT2D eigenvalue weighted by atomic mass is 16.4. The minimum atomic E-state index is -0.205. The normalized spacial score (nSPS) is 15.5. The predicted octanol–water partition coefficient (Wildman–Crippen LogP) is 2.82. The number of aromatic nitrogens is 2. The fraction of sp³-hybridized carbons (Fsp3) is 0.526. The van der Waals surface area contributed by atoms with Crippen LogP contribution in [0.5, 0.6) is 0 Å². The van der Waals surface area contributed by atoms with Crippen molar-refractivity contribution in [1.29, 1.82) is 0 Å². The van der Waals surface area contributed by atoms with E-state index >= 15 is 0 Å². The van der Waals surface area contributed by atoms with Crippen molar-refractivity contribution in [3.05, 3.63) is 24.2 Å². The lowest BCUT2D eigenvalue weighted by Gasteiger charge is -2.33. The van der Waals surface area contributed by atoms with Gasteiger partial charge in [-0.05, 0) is 32.8 Å². The highest BCUT2D eigenvalue weighted by molar-refractivity contribution is 5.77. The molecule has 0 saturated carbocycles. The highest BCUT2D eigenvalue weighted by Crippen LogP contribution is 2.32. The molecule has 1 aliphatic heterocycles. The van der Waals surface area contributed by atoms with Crippen molar-refractivity contribution in [2.45, 2.75) is 46.1 Å². The molecule has 26 heavy (non-hydrogen) atoms. The van der Waals surface area contributed by atoms with Gasteiger partial charge < -0.3 is 20.4 Å². The van der Waals surface area contributed by atoms with Crippen molar-refractivity contribution >= 4 is 17.4 Å². The van der Waals surface area contributed by atoms with Crippen LogP contribution in [-0.4, -0.2) is 35.0 Å². The monoisotopic (exact) mass is 357 g/mol. The smallest absolute Gasteiger partial charge is 0.227 e. The summed E-state index contributed by atoms with van der Waals surface area (Å²) in [6.07, 6.45) is 5.89. The van der Waals surface area contributed by atoms with E-state index in [1.165, 1.54) is 0 Å². The van der Waals surface area contributed by atoms with Crippen molar-refractivity contribution in [2.75, 3.05) is 23.3 Å². The van der Waals surface area contributed by atoms with Crippen LogP contribution in [0.1, 0.15) is 39.4 Å². The average molecular weight is 357 g/mol. The second-order valence-corrected chi connectivity index (χ2v) is 7.04. The first-order valence-corrected chi connectivity index (χ1v) is 9.23. The summed E-state index contributed by atoms with van der Waals surface area (Å²) in [4.78, 5) is 22.6. The van der Waals surface area contributed by atoms with Crippen molar-refractivity contribution in [3.63, 3.8) is 0 Å². The summed E-state index contributed by atoms with van der Waals surface area (Å²) in [6.45, 7) is 7.76. The number of rotatable bonds is 6. The van der Waals surface area contributed by atoms with Gasteiger partial charge in [0.1, 0.15) is 5.76 Å². The Labute approximate surface area is 154 Å². The number of hydrogen-bond donors (Lipinski definition) is 2. The summed E-state index contributed by atoms with van der Waals surface area (Å²) in [7, 11) is 0. The van der Waals surface area contributed by atoms with E-state index in [9.17, 15) is 4.79 Å². The highest BCUT2D eigenvalue weighted by Gasteiger charge is 2.25. The van der Waals surface area contributed by atoms with Gasteiger partial charge in [-0.25, -0.2) is 9.97 Å². The molecule has 3 rings (SSSR count). The third-order valence-electron chi connectivity index (χ3n) is 4.66. The summed E-state index contributed by atoms with van der Waals surface area (Å²) in [5.74, 6) is 2.10. The number of nitrogens with two attached hydrogens (primary N) is 1. The number of pyridine rings is 1. The van der Waals surface area contributed by atoms with Gasteiger partial charge in [0, 0.05) is 37.7 Å². The zero-order chi connectivity index (χ0) is 18.7. The predicted molar refractivity (Wildman–Crippen MR) is 102 cm³/mol. The van der Waals surface area contributed by atoms with E-state index in [1.807, 2.05) is 13.0 Å². The lowest BCUT2D eigenvalue weighted by Crippen LogP contribution is -2.39. The Morgan fingerprint density at radius 3 is 2.65 bits per heavy atom. The van der Waals surface area contributed by atoms with Crippen LogP contribution in [-0.2, 0) is 11.2 Å². The van der Waals surface area contributed by atoms with Crippen LogP contribution in [0.4, 0.5) is 11.5 Å². The maximum Gasteiger partial charge on any atom is 0.227 e. The Morgan fingerprint density at radius 2 is 2.08 bits per heavy atom. The number of oxazole rings is 1. The van der Waals surface area contributed by atoms with Gasteiger partial charge in [-0.2, -0.15) is 0 Å². The third-order valence-corrected chi connectivity index (χ3v) is 4.66. The number of carbonyl (C=O) groups is 1. The molecule has 3 heterocycles. The Kier molecular flexibility index (Phi) is 5.44. The minimum Gasteiger partial charge on any atom is -0.441 e. The van der Waals surface area contributed by atoms with E-state index in [4.69, 9.17) is 10.2 Å². The fourth-order valence-electron chi connectivity index (χ4n) is 3.22. The lowest BCUT2D eigenvalue weighted by molar-refractivity contribution is -0.122. The zero-order valence-corrected chi connectivity index (χ0v) is 15.7. The molecule has 2 aromatic rings. The number of nitrogens with one attached hydrogen (secondary N) is 1. The van der Waals surface area contributed by atoms with Crippen molar-refractivity contribution in [2.24, 2.45) is 11.7 Å². The Morgan fingerprint density at radius 1 is 1.35 bits per heavy atom. The van der Waals surface area contributed by atoms with Crippen molar-refractivity contribution in [3.8, 4) is 11.5 Å². The molecule has 1 fully saturated rings. The summed E-state index contributed by atoms with van der Waals surface area (Å²) >= 11 is 0. The lowest BCUT2D eigenvalue weighted by atomic mass is 9.96. The fourth-order valence-corrected chi connectivity index (χ4v) is 3.22. The van der Waals surface area contributed by atoms with E-state index in [0.29, 0.717) is 5.89 Å². The van der Waals surface area contributed by atoms with Gasteiger partial charge in [-0.1, -0.05) is 6.92 Å². The number of primary amides is 1. The topological polar surface area (TPSA) is 97.3 Å². The molecule has 0 aromatic carbocycles. The van der Waals surface area contributed by atoms with Crippen molar-refractivity contribution < 1.29 is 9.21 Å². The molecule has 0 aliphatic carbocycles. The van der Waals surface area contributed by atoms with E-state index in [1.54, 1.807) is 12.4 Å². The minimum absolute atomic E-state index is 0.0354. The van der Waals surface area contributed by atoms with Crippen LogP contribution in [0.3, 0.4) is 0 Å². The summed E-state index contributed by atoms with van der Waals surface area (Å²) in [5.41, 5.74) is 7.24. The number of hydrogen-bond acceptors (Lipinski definition) is 6. The molecule has 3 N–H and O–H groups in total. The van der Waals surface area contributed by atoms with Gasteiger partial charge >= 0.3 is 0 Å². The van der Waals surface area contributed by atoms with E-state index in [0.717, 1.165) is 55.2 Å². The number of carbonyl (C=O) groups excluding carboxylic acids is 1. The average Bonchev–Trinajstić information content (AvgIpc) is 3.10. The molecule has 1 amide bonds. The van der Waals surface area contributed by atoms with E-state index in [-0.39, 0.29) is 17.9 Å². The van der Waals surface area contributed by atoms with Gasteiger partial charge in [-0.15, -0.1) is 0 Å². The molecular formula is C19H27N5O2. The third kappa shape index (κ3) is 3.98. The summed E-state index contributed by atoms with van der Waals surface area (Å²) in [6, 6.07) is 2.30. The number of anilines is 2. The molecule has 7 heteroatoms. The van der Waals surface area contributed by atoms with E-state index < -0.39 is 0 Å². The Balaban J connectivity index is 1.86. The second kappa shape index (κ2) is 7.76. The van der Waals surface area contributed by atoms with Crippen LogP contribution >= 0.6 is 0 Å². The molecule has 7 nitrogen and oxygen atoms in total. The van der Waals surface area contributed by atoms with Gasteiger partial charge in [0.15, 0.2) is 5.82 Å². The standard InChI is InChI=1S/C19H27N5O2/c1-4-15-11-22-19(26-15)14-9-16(23-12(2)3)18(21-10-14)24-7-5-13(6-8-24)17(20)25/h9-13,23H,4-8H2,1-3H3,(H2,20,25). The molecule has 140 valence electrons. The first-order chi connectivity index (χ1) is 12.5. The SMILES string of the molecule is CCc1cnc(-c2cnc(N3CCC(C(N)=O)CC3)c(NC(C)C)c2)o1. The zero-order valence-electron chi connectivity index (χ0n) is 15.7. The molecule has 0 bridgehead atoms. The van der Waals surface area contributed by atoms with E-state index in [2.05, 4.69) is 34.0 Å². The molecule has 1 saturated heterocycles. The molecular weight excluding hydrogens is 330 g/mol. The van der Waals surface area contributed by atoms with Gasteiger partial charge in [0.2, 0.25) is 11.8 Å². The summed E-state index contributed by atoms with van der Waals surface area (Å²) in [5, 5.41) is 3.47.